The van der Waals surface area contributed by atoms with Crippen molar-refractivity contribution in [3.8, 4) is 17.3 Å². The molecule has 0 aliphatic rings. The molecule has 0 fully saturated rings. The lowest BCUT2D eigenvalue weighted by molar-refractivity contribution is 0.462. The summed E-state index contributed by atoms with van der Waals surface area (Å²) in [6.07, 6.45) is 4.94. The Hall–Kier alpha value is -3.47. The highest BCUT2D eigenvalue weighted by Gasteiger charge is 2.22. The van der Waals surface area contributed by atoms with E-state index in [-0.39, 0.29) is 5.41 Å². The fourth-order valence-corrected chi connectivity index (χ4v) is 3.10. The Morgan fingerprint density at radius 2 is 1.39 bits per heavy atom. The number of aryl methyl sites for hydroxylation is 1. The van der Waals surface area contributed by atoms with Crippen LogP contribution in [-0.4, -0.2) is 20.0 Å². The molecule has 0 amide bonds. The van der Waals surface area contributed by atoms with Gasteiger partial charge < -0.3 is 4.74 Å². The monoisotopic (exact) mass is 370 g/mol. The SMILES string of the molecule is Cc1ccc(C(C)(C)c2ccc(Oc3ccc(-n4nccn4)cn3)cc2)cc1. The summed E-state index contributed by atoms with van der Waals surface area (Å²) in [7, 11) is 0. The molecule has 4 aromatic rings. The van der Waals surface area contributed by atoms with Crippen LogP contribution < -0.4 is 4.74 Å². The molecule has 28 heavy (non-hydrogen) atoms. The van der Waals surface area contributed by atoms with E-state index in [2.05, 4.69) is 72.4 Å². The molecule has 0 saturated heterocycles. The zero-order valence-corrected chi connectivity index (χ0v) is 16.2. The molecule has 0 aliphatic heterocycles. The highest BCUT2D eigenvalue weighted by atomic mass is 16.5. The predicted molar refractivity (Wildman–Crippen MR) is 109 cm³/mol. The lowest BCUT2D eigenvalue weighted by atomic mass is 9.78. The Bertz CT molecular complexity index is 1040. The van der Waals surface area contributed by atoms with Gasteiger partial charge in [0.25, 0.3) is 0 Å². The molecule has 5 nitrogen and oxygen atoms in total. The van der Waals surface area contributed by atoms with Gasteiger partial charge in [0.15, 0.2) is 0 Å². The van der Waals surface area contributed by atoms with Gasteiger partial charge in [-0.05, 0) is 36.2 Å². The lowest BCUT2D eigenvalue weighted by Crippen LogP contribution is -2.18. The molecule has 2 aromatic heterocycles. The second kappa shape index (κ2) is 7.27. The van der Waals surface area contributed by atoms with Crippen LogP contribution in [-0.2, 0) is 5.41 Å². The minimum atomic E-state index is -0.0805. The predicted octanol–water partition coefficient (Wildman–Crippen LogP) is 5.09. The van der Waals surface area contributed by atoms with Crippen molar-refractivity contribution in [1.29, 1.82) is 0 Å². The summed E-state index contributed by atoms with van der Waals surface area (Å²) < 4.78 is 5.88. The molecule has 0 bridgehead atoms. The zero-order valence-electron chi connectivity index (χ0n) is 16.2. The van der Waals surface area contributed by atoms with Crippen LogP contribution >= 0.6 is 0 Å². The van der Waals surface area contributed by atoms with Crippen molar-refractivity contribution in [2.75, 3.05) is 0 Å². The third kappa shape index (κ3) is 3.64. The summed E-state index contributed by atoms with van der Waals surface area (Å²) >= 11 is 0. The first kappa shape index (κ1) is 17.9. The number of nitrogens with zero attached hydrogens (tertiary/aromatic N) is 4. The van der Waals surface area contributed by atoms with E-state index in [0.717, 1.165) is 11.4 Å². The third-order valence-electron chi connectivity index (χ3n) is 4.94. The molecule has 4 rings (SSSR count). The molecule has 0 aliphatic carbocycles. The second-order valence-corrected chi connectivity index (χ2v) is 7.29. The average molecular weight is 370 g/mol. The summed E-state index contributed by atoms with van der Waals surface area (Å²) in [6.45, 7) is 6.57. The summed E-state index contributed by atoms with van der Waals surface area (Å²) in [6, 6.07) is 20.6. The van der Waals surface area contributed by atoms with Gasteiger partial charge in [-0.1, -0.05) is 55.8 Å². The van der Waals surface area contributed by atoms with Gasteiger partial charge in [0.2, 0.25) is 5.88 Å². The summed E-state index contributed by atoms with van der Waals surface area (Å²) in [5.74, 6) is 1.28. The van der Waals surface area contributed by atoms with Gasteiger partial charge in [0, 0.05) is 11.5 Å². The van der Waals surface area contributed by atoms with Gasteiger partial charge in [-0.3, -0.25) is 0 Å². The topological polar surface area (TPSA) is 52.8 Å². The maximum atomic E-state index is 5.88. The third-order valence-corrected chi connectivity index (χ3v) is 4.94. The maximum absolute atomic E-state index is 5.88. The van der Waals surface area contributed by atoms with Crippen LogP contribution in [0.3, 0.4) is 0 Å². The van der Waals surface area contributed by atoms with E-state index in [4.69, 9.17) is 4.74 Å². The number of rotatable bonds is 5. The Morgan fingerprint density at radius 1 is 0.786 bits per heavy atom. The molecule has 0 N–H and O–H groups in total. The highest BCUT2D eigenvalue weighted by Crippen LogP contribution is 2.33. The second-order valence-electron chi connectivity index (χ2n) is 7.29. The average Bonchev–Trinajstić information content (AvgIpc) is 3.24. The minimum Gasteiger partial charge on any atom is -0.439 e. The van der Waals surface area contributed by atoms with Crippen LogP contribution in [0.1, 0.15) is 30.5 Å². The molecule has 5 heteroatoms. The standard InChI is InChI=1S/C23H22N4O/c1-17-4-6-18(7-5-17)23(2,3)19-8-11-21(12-9-19)28-22-13-10-20(16-24-22)27-25-14-15-26-27/h4-16H,1-3H3. The molecule has 140 valence electrons. The molecular weight excluding hydrogens is 348 g/mol. The van der Waals surface area contributed by atoms with Crippen LogP contribution in [0, 0.1) is 6.92 Å². The molecule has 0 saturated carbocycles. The van der Waals surface area contributed by atoms with Crippen LogP contribution in [0.15, 0.2) is 79.3 Å². The van der Waals surface area contributed by atoms with Gasteiger partial charge in [0.05, 0.1) is 18.6 Å². The van der Waals surface area contributed by atoms with Crippen molar-refractivity contribution in [2.45, 2.75) is 26.2 Å². The van der Waals surface area contributed by atoms with E-state index < -0.39 is 0 Å². The smallest absolute Gasteiger partial charge is 0.219 e. The first-order valence-corrected chi connectivity index (χ1v) is 9.21. The Morgan fingerprint density at radius 3 is 1.96 bits per heavy atom. The van der Waals surface area contributed by atoms with Crippen molar-refractivity contribution in [1.82, 2.24) is 20.0 Å². The molecular formula is C23H22N4O. The number of ether oxygens (including phenoxy) is 1. The molecule has 2 heterocycles. The largest absolute Gasteiger partial charge is 0.439 e. The van der Waals surface area contributed by atoms with Crippen molar-refractivity contribution in [3.05, 3.63) is 95.9 Å². The molecule has 0 radical (unpaired) electrons. The van der Waals surface area contributed by atoms with E-state index in [9.17, 15) is 0 Å². The van der Waals surface area contributed by atoms with Crippen molar-refractivity contribution >= 4 is 0 Å². The van der Waals surface area contributed by atoms with Crippen LogP contribution in [0.5, 0.6) is 11.6 Å². The normalized spacial score (nSPS) is 11.4. The number of hydrogen-bond acceptors (Lipinski definition) is 4. The molecule has 0 atom stereocenters. The van der Waals surface area contributed by atoms with Crippen molar-refractivity contribution in [3.63, 3.8) is 0 Å². The quantitative estimate of drug-likeness (QED) is 0.491. The fraction of sp³-hybridized carbons (Fsp3) is 0.174. The molecule has 0 spiro atoms. The minimum absolute atomic E-state index is 0.0805. The number of benzene rings is 2. The first-order valence-electron chi connectivity index (χ1n) is 9.21. The number of pyridine rings is 1. The first-order chi connectivity index (χ1) is 13.5. The van der Waals surface area contributed by atoms with Crippen LogP contribution in [0.25, 0.3) is 5.69 Å². The summed E-state index contributed by atoms with van der Waals surface area (Å²) in [4.78, 5) is 5.85. The van der Waals surface area contributed by atoms with Crippen molar-refractivity contribution < 1.29 is 4.74 Å². The van der Waals surface area contributed by atoms with Gasteiger partial charge >= 0.3 is 0 Å². The summed E-state index contributed by atoms with van der Waals surface area (Å²) in [5.41, 5.74) is 4.49. The van der Waals surface area contributed by atoms with Gasteiger partial charge in [-0.15, -0.1) is 0 Å². The van der Waals surface area contributed by atoms with Gasteiger partial charge in [0.1, 0.15) is 11.4 Å². The van der Waals surface area contributed by atoms with Crippen molar-refractivity contribution in [2.24, 2.45) is 0 Å². The lowest BCUT2D eigenvalue weighted by Gasteiger charge is -2.26. The number of aromatic nitrogens is 4. The highest BCUT2D eigenvalue weighted by molar-refractivity contribution is 5.41. The van der Waals surface area contributed by atoms with Gasteiger partial charge in [-0.2, -0.15) is 15.0 Å². The van der Waals surface area contributed by atoms with Crippen LogP contribution in [0.4, 0.5) is 0 Å². The van der Waals surface area contributed by atoms with E-state index in [1.54, 1.807) is 18.6 Å². The van der Waals surface area contributed by atoms with E-state index in [1.165, 1.54) is 21.5 Å². The van der Waals surface area contributed by atoms with E-state index in [1.807, 2.05) is 24.3 Å². The Labute approximate surface area is 164 Å². The van der Waals surface area contributed by atoms with E-state index >= 15 is 0 Å². The summed E-state index contributed by atoms with van der Waals surface area (Å²) in [5, 5.41) is 8.17. The number of hydrogen-bond donors (Lipinski definition) is 0. The van der Waals surface area contributed by atoms with Crippen LogP contribution in [0.2, 0.25) is 0 Å². The Kier molecular flexibility index (Phi) is 4.65. The zero-order chi connectivity index (χ0) is 19.6. The van der Waals surface area contributed by atoms with E-state index in [0.29, 0.717) is 5.88 Å². The Balaban J connectivity index is 1.49. The van der Waals surface area contributed by atoms with Gasteiger partial charge in [-0.25, -0.2) is 4.98 Å². The molecule has 0 unspecified atom stereocenters. The fourth-order valence-electron chi connectivity index (χ4n) is 3.10. The maximum Gasteiger partial charge on any atom is 0.219 e. The molecule has 2 aromatic carbocycles.